The van der Waals surface area contributed by atoms with Crippen LogP contribution in [-0.2, 0) is 0 Å². The van der Waals surface area contributed by atoms with Crippen molar-refractivity contribution in [2.45, 2.75) is 25.3 Å². The number of carbonyl (C=O) groups excluding carboxylic acids is 1. The Morgan fingerprint density at radius 2 is 2.13 bits per heavy atom. The SMILES string of the molecule is CNC1(C(=O)c2cc(C)ccc2N)CC1. The van der Waals surface area contributed by atoms with Crippen LogP contribution in [0, 0.1) is 6.92 Å². The lowest BCUT2D eigenvalue weighted by molar-refractivity contribution is 0.0933. The Kier molecular flexibility index (Phi) is 2.27. The molecule has 0 aliphatic heterocycles. The van der Waals surface area contributed by atoms with Crippen molar-refractivity contribution >= 4 is 11.5 Å². The third-order valence-corrected chi connectivity index (χ3v) is 3.12. The molecular weight excluding hydrogens is 188 g/mol. The molecule has 0 spiro atoms. The summed E-state index contributed by atoms with van der Waals surface area (Å²) in [6.07, 6.45) is 1.82. The van der Waals surface area contributed by atoms with Crippen molar-refractivity contribution in [3.8, 4) is 0 Å². The van der Waals surface area contributed by atoms with Crippen LogP contribution in [0.5, 0.6) is 0 Å². The van der Waals surface area contributed by atoms with Crippen LogP contribution >= 0.6 is 0 Å². The molecule has 3 heteroatoms. The lowest BCUT2D eigenvalue weighted by Crippen LogP contribution is -2.36. The lowest BCUT2D eigenvalue weighted by Gasteiger charge is -2.14. The van der Waals surface area contributed by atoms with Crippen molar-refractivity contribution in [2.24, 2.45) is 0 Å². The zero-order valence-corrected chi connectivity index (χ0v) is 9.13. The van der Waals surface area contributed by atoms with E-state index in [1.807, 2.05) is 26.1 Å². The van der Waals surface area contributed by atoms with Crippen LogP contribution < -0.4 is 11.1 Å². The monoisotopic (exact) mass is 204 g/mol. The molecule has 2 rings (SSSR count). The molecule has 1 aromatic rings. The largest absolute Gasteiger partial charge is 0.398 e. The van der Waals surface area contributed by atoms with Crippen LogP contribution in [0.15, 0.2) is 18.2 Å². The third kappa shape index (κ3) is 1.63. The number of aryl methyl sites for hydroxylation is 1. The van der Waals surface area contributed by atoms with Gasteiger partial charge in [0.15, 0.2) is 5.78 Å². The highest BCUT2D eigenvalue weighted by molar-refractivity contribution is 6.08. The second-order valence-electron chi connectivity index (χ2n) is 4.25. The number of carbonyl (C=O) groups is 1. The predicted molar refractivity (Wildman–Crippen MR) is 60.9 cm³/mol. The number of rotatable bonds is 3. The van der Waals surface area contributed by atoms with Gasteiger partial charge in [0, 0.05) is 11.3 Å². The molecule has 0 heterocycles. The average Bonchev–Trinajstić information content (AvgIpc) is 3.01. The van der Waals surface area contributed by atoms with Crippen LogP contribution in [0.25, 0.3) is 0 Å². The Hall–Kier alpha value is -1.35. The summed E-state index contributed by atoms with van der Waals surface area (Å²) >= 11 is 0. The summed E-state index contributed by atoms with van der Waals surface area (Å²) in [6.45, 7) is 1.97. The number of Topliss-reactive ketones (excluding diaryl/α,β-unsaturated/α-hetero) is 1. The highest BCUT2D eigenvalue weighted by Crippen LogP contribution is 2.39. The second-order valence-corrected chi connectivity index (χ2v) is 4.25. The molecule has 0 saturated heterocycles. The Bertz CT molecular complexity index is 408. The van der Waals surface area contributed by atoms with Gasteiger partial charge in [-0.25, -0.2) is 0 Å². The molecule has 1 fully saturated rings. The molecule has 0 unspecified atom stereocenters. The van der Waals surface area contributed by atoms with Gasteiger partial charge in [-0.15, -0.1) is 0 Å². The third-order valence-electron chi connectivity index (χ3n) is 3.12. The maximum atomic E-state index is 12.2. The molecule has 1 saturated carbocycles. The maximum Gasteiger partial charge on any atom is 0.184 e. The zero-order chi connectivity index (χ0) is 11.1. The highest BCUT2D eigenvalue weighted by atomic mass is 16.1. The minimum absolute atomic E-state index is 0.131. The van der Waals surface area contributed by atoms with E-state index < -0.39 is 0 Å². The fraction of sp³-hybridized carbons (Fsp3) is 0.417. The molecule has 3 nitrogen and oxygen atoms in total. The second kappa shape index (κ2) is 3.35. The Balaban J connectivity index is 2.37. The van der Waals surface area contributed by atoms with Crippen LogP contribution in [0.1, 0.15) is 28.8 Å². The number of ketones is 1. The van der Waals surface area contributed by atoms with Crippen LogP contribution in [0.4, 0.5) is 5.69 Å². The molecule has 1 aliphatic rings. The van der Waals surface area contributed by atoms with Crippen molar-refractivity contribution < 1.29 is 4.79 Å². The first-order valence-electron chi connectivity index (χ1n) is 5.19. The van der Waals surface area contributed by atoms with Crippen LogP contribution in [-0.4, -0.2) is 18.4 Å². The van der Waals surface area contributed by atoms with E-state index >= 15 is 0 Å². The van der Waals surface area contributed by atoms with E-state index in [-0.39, 0.29) is 11.3 Å². The normalized spacial score (nSPS) is 17.5. The van der Waals surface area contributed by atoms with Gasteiger partial charge in [-0.2, -0.15) is 0 Å². The number of hydrogen-bond acceptors (Lipinski definition) is 3. The van der Waals surface area contributed by atoms with Gasteiger partial charge >= 0.3 is 0 Å². The van der Waals surface area contributed by atoms with Crippen molar-refractivity contribution in [3.63, 3.8) is 0 Å². The van der Waals surface area contributed by atoms with Gasteiger partial charge in [-0.05, 0) is 38.9 Å². The van der Waals surface area contributed by atoms with Crippen molar-refractivity contribution in [3.05, 3.63) is 29.3 Å². The standard InChI is InChI=1S/C12H16N2O/c1-8-3-4-10(13)9(7-8)11(15)12(14-2)5-6-12/h3-4,7,14H,5-6,13H2,1-2H3. The average molecular weight is 204 g/mol. The fourth-order valence-corrected chi connectivity index (χ4v) is 1.84. The summed E-state index contributed by atoms with van der Waals surface area (Å²) < 4.78 is 0. The maximum absolute atomic E-state index is 12.2. The number of nitrogen functional groups attached to an aromatic ring is 1. The summed E-state index contributed by atoms with van der Waals surface area (Å²) in [5.74, 6) is 0.131. The van der Waals surface area contributed by atoms with Gasteiger partial charge in [0.1, 0.15) is 0 Å². The number of anilines is 1. The van der Waals surface area contributed by atoms with E-state index in [9.17, 15) is 4.79 Å². The first-order valence-corrected chi connectivity index (χ1v) is 5.19. The van der Waals surface area contributed by atoms with E-state index in [2.05, 4.69) is 5.32 Å². The first kappa shape index (κ1) is 10.2. The van der Waals surface area contributed by atoms with Crippen molar-refractivity contribution in [1.29, 1.82) is 0 Å². The quantitative estimate of drug-likeness (QED) is 0.579. The lowest BCUT2D eigenvalue weighted by atomic mass is 9.99. The molecule has 15 heavy (non-hydrogen) atoms. The molecule has 0 amide bonds. The number of likely N-dealkylation sites (N-methyl/N-ethyl adjacent to an activating group) is 1. The predicted octanol–water partition coefficient (Wildman–Crippen LogP) is 1.51. The zero-order valence-electron chi connectivity index (χ0n) is 9.13. The summed E-state index contributed by atoms with van der Waals surface area (Å²) in [7, 11) is 1.83. The Morgan fingerprint density at radius 1 is 1.47 bits per heavy atom. The van der Waals surface area contributed by atoms with E-state index in [1.54, 1.807) is 6.07 Å². The number of nitrogens with two attached hydrogens (primary N) is 1. The molecule has 3 N–H and O–H groups in total. The minimum Gasteiger partial charge on any atom is -0.398 e. The van der Waals surface area contributed by atoms with E-state index in [0.717, 1.165) is 18.4 Å². The summed E-state index contributed by atoms with van der Waals surface area (Å²) in [5, 5.41) is 3.09. The van der Waals surface area contributed by atoms with Crippen molar-refractivity contribution in [2.75, 3.05) is 12.8 Å². The van der Waals surface area contributed by atoms with Gasteiger partial charge < -0.3 is 11.1 Å². The number of hydrogen-bond donors (Lipinski definition) is 2. The molecule has 0 atom stereocenters. The topological polar surface area (TPSA) is 55.1 Å². The Morgan fingerprint density at radius 3 is 2.67 bits per heavy atom. The molecular formula is C12H16N2O. The van der Waals surface area contributed by atoms with Gasteiger partial charge in [0.05, 0.1) is 5.54 Å². The van der Waals surface area contributed by atoms with Gasteiger partial charge in [-0.3, -0.25) is 4.79 Å². The van der Waals surface area contributed by atoms with Crippen LogP contribution in [0.3, 0.4) is 0 Å². The van der Waals surface area contributed by atoms with E-state index in [0.29, 0.717) is 11.3 Å². The van der Waals surface area contributed by atoms with Gasteiger partial charge in [-0.1, -0.05) is 11.6 Å². The smallest absolute Gasteiger partial charge is 0.184 e. The first-order chi connectivity index (χ1) is 7.09. The van der Waals surface area contributed by atoms with E-state index in [4.69, 9.17) is 5.73 Å². The minimum atomic E-state index is -0.331. The molecule has 0 aromatic heterocycles. The summed E-state index contributed by atoms with van der Waals surface area (Å²) in [5.41, 5.74) is 7.79. The number of benzene rings is 1. The van der Waals surface area contributed by atoms with E-state index in [1.165, 1.54) is 0 Å². The molecule has 1 aliphatic carbocycles. The summed E-state index contributed by atoms with van der Waals surface area (Å²) in [4.78, 5) is 12.2. The molecule has 0 bridgehead atoms. The molecule has 80 valence electrons. The molecule has 0 radical (unpaired) electrons. The molecule has 1 aromatic carbocycles. The van der Waals surface area contributed by atoms with Crippen LogP contribution in [0.2, 0.25) is 0 Å². The highest BCUT2D eigenvalue weighted by Gasteiger charge is 2.48. The number of nitrogens with one attached hydrogen (secondary N) is 1. The fourth-order valence-electron chi connectivity index (χ4n) is 1.84. The van der Waals surface area contributed by atoms with Gasteiger partial charge in [0.25, 0.3) is 0 Å². The summed E-state index contributed by atoms with van der Waals surface area (Å²) in [6, 6.07) is 5.59. The van der Waals surface area contributed by atoms with Gasteiger partial charge in [0.2, 0.25) is 0 Å². The van der Waals surface area contributed by atoms with Crippen molar-refractivity contribution in [1.82, 2.24) is 5.32 Å². The Labute approximate surface area is 89.7 Å².